The van der Waals surface area contributed by atoms with Gasteiger partial charge in [-0.15, -0.1) is 22.7 Å². The van der Waals surface area contributed by atoms with E-state index in [4.69, 9.17) is 0 Å². The molecule has 0 aliphatic heterocycles. The molecule has 0 fully saturated rings. The lowest BCUT2D eigenvalue weighted by atomic mass is 10.1. The average Bonchev–Trinajstić information content (AvgIpc) is 3.16. The molecular weight excluding hydrogens is 312 g/mol. The molecule has 0 aromatic carbocycles. The first-order valence-electron chi connectivity index (χ1n) is 7.66. The Labute approximate surface area is 140 Å². The number of guanidine groups is 1. The number of rotatable bonds is 7. The number of nitrogens with zero attached hydrogens (tertiary/aromatic N) is 2. The van der Waals surface area contributed by atoms with Gasteiger partial charge in [-0.3, -0.25) is 4.99 Å². The van der Waals surface area contributed by atoms with Gasteiger partial charge in [0.15, 0.2) is 5.96 Å². The van der Waals surface area contributed by atoms with E-state index in [-0.39, 0.29) is 0 Å². The van der Waals surface area contributed by atoms with Crippen LogP contribution in [0, 0.1) is 6.92 Å². The fourth-order valence-corrected chi connectivity index (χ4v) is 3.60. The van der Waals surface area contributed by atoms with E-state index in [0.29, 0.717) is 5.92 Å². The van der Waals surface area contributed by atoms with Crippen LogP contribution in [0.25, 0.3) is 0 Å². The summed E-state index contributed by atoms with van der Waals surface area (Å²) in [6.45, 7) is 8.92. The molecule has 2 heterocycles. The Morgan fingerprint density at radius 1 is 1.41 bits per heavy atom. The normalized spacial score (nSPS) is 13.1. The van der Waals surface area contributed by atoms with Gasteiger partial charge in [-0.2, -0.15) is 0 Å². The van der Waals surface area contributed by atoms with E-state index in [9.17, 15) is 0 Å². The van der Waals surface area contributed by atoms with Gasteiger partial charge in [0.1, 0.15) is 0 Å². The quantitative estimate of drug-likeness (QED) is 0.602. The Kier molecular flexibility index (Phi) is 6.86. The third-order valence-corrected chi connectivity index (χ3v) is 5.27. The molecule has 0 saturated carbocycles. The minimum atomic E-state index is 0.456. The predicted molar refractivity (Wildman–Crippen MR) is 97.3 cm³/mol. The Hall–Kier alpha value is -1.40. The van der Waals surface area contributed by atoms with Crippen LogP contribution in [0.4, 0.5) is 0 Å². The number of aromatic nitrogens is 1. The van der Waals surface area contributed by atoms with Crippen molar-refractivity contribution in [1.29, 1.82) is 0 Å². The van der Waals surface area contributed by atoms with Crippen LogP contribution in [-0.4, -0.2) is 30.6 Å². The van der Waals surface area contributed by atoms with Gasteiger partial charge in [-0.25, -0.2) is 4.98 Å². The number of thiophene rings is 1. The second-order valence-corrected chi connectivity index (χ2v) is 7.48. The van der Waals surface area contributed by atoms with Crippen LogP contribution < -0.4 is 10.6 Å². The molecule has 1 unspecified atom stereocenters. The largest absolute Gasteiger partial charge is 0.357 e. The van der Waals surface area contributed by atoms with Gasteiger partial charge in [0.25, 0.3) is 0 Å². The zero-order chi connectivity index (χ0) is 15.8. The van der Waals surface area contributed by atoms with Crippen LogP contribution in [0.3, 0.4) is 0 Å². The van der Waals surface area contributed by atoms with Crippen LogP contribution in [-0.2, 0) is 6.42 Å². The van der Waals surface area contributed by atoms with Crippen LogP contribution >= 0.6 is 22.7 Å². The molecule has 2 aromatic rings. The zero-order valence-corrected chi connectivity index (χ0v) is 15.1. The van der Waals surface area contributed by atoms with Gasteiger partial charge in [0.2, 0.25) is 0 Å². The van der Waals surface area contributed by atoms with Crippen LogP contribution in [0.1, 0.15) is 34.5 Å². The molecule has 0 amide bonds. The lowest BCUT2D eigenvalue weighted by molar-refractivity contribution is 0.754. The minimum Gasteiger partial charge on any atom is -0.357 e. The summed E-state index contributed by atoms with van der Waals surface area (Å²) in [4.78, 5) is 11.7. The van der Waals surface area contributed by atoms with Crippen molar-refractivity contribution < 1.29 is 0 Å². The van der Waals surface area contributed by atoms with Crippen molar-refractivity contribution in [3.8, 4) is 0 Å². The fraction of sp³-hybridized carbons (Fsp3) is 0.500. The summed E-state index contributed by atoms with van der Waals surface area (Å²) in [5.41, 5.74) is 0. The average molecular weight is 337 g/mol. The molecular formula is C16H24N4S2. The SMILES string of the molecule is CCNC(=NCC(C)c1cccs1)NCCc1ncc(C)s1. The van der Waals surface area contributed by atoms with E-state index in [1.54, 1.807) is 22.7 Å². The number of hydrogen-bond acceptors (Lipinski definition) is 4. The van der Waals surface area contributed by atoms with Gasteiger partial charge in [-0.1, -0.05) is 13.0 Å². The molecule has 2 aromatic heterocycles. The summed E-state index contributed by atoms with van der Waals surface area (Å²) in [6.07, 6.45) is 2.87. The number of aryl methyl sites for hydroxylation is 1. The van der Waals surface area contributed by atoms with Crippen molar-refractivity contribution in [2.75, 3.05) is 19.6 Å². The van der Waals surface area contributed by atoms with Gasteiger partial charge in [-0.05, 0) is 25.3 Å². The Morgan fingerprint density at radius 2 is 2.27 bits per heavy atom. The molecule has 0 saturated heterocycles. The molecule has 0 aliphatic rings. The number of nitrogens with one attached hydrogen (secondary N) is 2. The number of aliphatic imine (C=N–C) groups is 1. The Bertz CT molecular complexity index is 575. The molecule has 0 radical (unpaired) electrons. The second-order valence-electron chi connectivity index (χ2n) is 5.18. The summed E-state index contributed by atoms with van der Waals surface area (Å²) in [5, 5.41) is 9.98. The van der Waals surface area contributed by atoms with Gasteiger partial charge >= 0.3 is 0 Å². The van der Waals surface area contributed by atoms with E-state index < -0.39 is 0 Å². The van der Waals surface area contributed by atoms with Crippen molar-refractivity contribution in [3.63, 3.8) is 0 Å². The highest BCUT2D eigenvalue weighted by molar-refractivity contribution is 7.11. The maximum absolute atomic E-state index is 4.69. The molecule has 4 nitrogen and oxygen atoms in total. The lowest BCUT2D eigenvalue weighted by Gasteiger charge is -2.12. The van der Waals surface area contributed by atoms with Crippen molar-refractivity contribution in [2.45, 2.75) is 33.1 Å². The maximum Gasteiger partial charge on any atom is 0.191 e. The summed E-state index contributed by atoms with van der Waals surface area (Å²) >= 11 is 3.56. The Morgan fingerprint density at radius 3 is 2.91 bits per heavy atom. The van der Waals surface area contributed by atoms with Gasteiger partial charge in [0, 0.05) is 41.4 Å². The fourth-order valence-electron chi connectivity index (χ4n) is 2.04. The molecule has 6 heteroatoms. The van der Waals surface area contributed by atoms with E-state index in [2.05, 4.69) is 58.9 Å². The number of hydrogen-bond donors (Lipinski definition) is 2. The molecule has 0 bridgehead atoms. The minimum absolute atomic E-state index is 0.456. The van der Waals surface area contributed by atoms with Crippen LogP contribution in [0.5, 0.6) is 0 Å². The first-order valence-corrected chi connectivity index (χ1v) is 9.35. The van der Waals surface area contributed by atoms with Crippen molar-refractivity contribution >= 4 is 28.6 Å². The highest BCUT2D eigenvalue weighted by atomic mass is 32.1. The monoisotopic (exact) mass is 336 g/mol. The maximum atomic E-state index is 4.69. The third kappa shape index (κ3) is 5.42. The highest BCUT2D eigenvalue weighted by Gasteiger charge is 2.06. The highest BCUT2D eigenvalue weighted by Crippen LogP contribution is 2.20. The summed E-state index contributed by atoms with van der Waals surface area (Å²) < 4.78 is 0. The molecule has 0 spiro atoms. The topological polar surface area (TPSA) is 49.3 Å². The smallest absolute Gasteiger partial charge is 0.191 e. The number of thiazole rings is 1. The van der Waals surface area contributed by atoms with E-state index >= 15 is 0 Å². The lowest BCUT2D eigenvalue weighted by Crippen LogP contribution is -2.38. The van der Waals surface area contributed by atoms with Crippen LogP contribution in [0.2, 0.25) is 0 Å². The molecule has 2 rings (SSSR count). The summed E-state index contributed by atoms with van der Waals surface area (Å²) in [5.74, 6) is 1.34. The first-order chi connectivity index (χ1) is 10.7. The van der Waals surface area contributed by atoms with Crippen molar-refractivity contribution in [1.82, 2.24) is 15.6 Å². The third-order valence-electron chi connectivity index (χ3n) is 3.20. The summed E-state index contributed by atoms with van der Waals surface area (Å²) in [7, 11) is 0. The Balaban J connectivity index is 1.81. The molecule has 0 aliphatic carbocycles. The first kappa shape index (κ1) is 17.0. The van der Waals surface area contributed by atoms with E-state index in [1.807, 2.05) is 6.20 Å². The van der Waals surface area contributed by atoms with Crippen molar-refractivity contribution in [2.24, 2.45) is 4.99 Å². The van der Waals surface area contributed by atoms with E-state index in [1.165, 1.54) is 14.8 Å². The predicted octanol–water partition coefficient (Wildman–Crippen LogP) is 3.41. The molecule has 1 atom stereocenters. The molecule has 22 heavy (non-hydrogen) atoms. The van der Waals surface area contributed by atoms with Gasteiger partial charge < -0.3 is 10.6 Å². The second kappa shape index (κ2) is 8.90. The standard InChI is InChI=1S/C16H24N4S2/c1-4-17-16(18-8-7-15-19-11-13(3)22-15)20-10-12(2)14-6-5-9-21-14/h5-6,9,11-12H,4,7-8,10H2,1-3H3,(H2,17,18,20). The summed E-state index contributed by atoms with van der Waals surface area (Å²) in [6, 6.07) is 4.27. The van der Waals surface area contributed by atoms with Gasteiger partial charge in [0.05, 0.1) is 11.6 Å². The zero-order valence-electron chi connectivity index (χ0n) is 13.4. The van der Waals surface area contributed by atoms with Crippen molar-refractivity contribution in [3.05, 3.63) is 38.5 Å². The molecule has 2 N–H and O–H groups in total. The van der Waals surface area contributed by atoms with E-state index in [0.717, 1.165) is 32.0 Å². The van der Waals surface area contributed by atoms with Crippen LogP contribution in [0.15, 0.2) is 28.7 Å². The molecule has 120 valence electrons.